The van der Waals surface area contributed by atoms with Crippen molar-refractivity contribution in [3.8, 4) is 11.3 Å². The van der Waals surface area contributed by atoms with E-state index in [0.29, 0.717) is 21.7 Å². The van der Waals surface area contributed by atoms with Crippen LogP contribution in [0.25, 0.3) is 22.0 Å². The Hall–Kier alpha value is -2.75. The third kappa shape index (κ3) is 7.22. The SMILES string of the molecule is CCC(C)(CC)C(=O)/C=C(\O)C(C)(CC)CC.[Ir].[c-]1ccc2c(c1-c1cc3ccccc3cn1)[Se]c1cccc3c1B2c1ccccc1[Se]3. The first-order valence-electron chi connectivity index (χ1n) is 17.1. The molecule has 0 aliphatic carbocycles. The molecular formula is C42H43BIrNO2Se2-. The fourth-order valence-electron chi connectivity index (χ4n) is 6.44. The molecule has 3 heterocycles. The monoisotopic (exact) mass is 957 g/mol. The number of aliphatic hydroxyl groups excluding tert-OH is 1. The third-order valence-corrected chi connectivity index (χ3v) is 15.8. The van der Waals surface area contributed by atoms with Gasteiger partial charge in [0.1, 0.15) is 5.76 Å². The number of hydrogen-bond donors (Lipinski definition) is 1. The van der Waals surface area contributed by atoms with Crippen molar-refractivity contribution in [3.05, 3.63) is 109 Å². The van der Waals surface area contributed by atoms with Gasteiger partial charge < -0.3 is 5.11 Å². The molecule has 5 aromatic rings. The van der Waals surface area contributed by atoms with Crippen molar-refractivity contribution >= 4 is 87.4 Å². The zero-order valence-electron chi connectivity index (χ0n) is 29.1. The Labute approximate surface area is 318 Å². The van der Waals surface area contributed by atoms with Crippen LogP contribution < -0.4 is 34.2 Å². The number of ketones is 1. The molecule has 1 aromatic heterocycles. The van der Waals surface area contributed by atoms with E-state index in [2.05, 4.69) is 91.0 Å². The molecule has 0 atom stereocenters. The Bertz CT molecular complexity index is 2020. The summed E-state index contributed by atoms with van der Waals surface area (Å²) >= 11 is 0.635. The van der Waals surface area contributed by atoms with E-state index in [4.69, 9.17) is 4.98 Å². The number of hydrogen-bond acceptors (Lipinski definition) is 3. The van der Waals surface area contributed by atoms with Crippen molar-refractivity contribution in [1.82, 2.24) is 4.98 Å². The third-order valence-electron chi connectivity index (χ3n) is 10.8. The van der Waals surface area contributed by atoms with Gasteiger partial charge in [-0.05, 0) is 25.7 Å². The number of rotatable bonds is 8. The second kappa shape index (κ2) is 15.6. The number of allylic oxidation sites excluding steroid dienone is 2. The molecule has 7 heteroatoms. The molecule has 1 N–H and O–H groups in total. The molecular weight excluding hydrogens is 911 g/mol. The number of fused-ring (bicyclic) bond motifs is 5. The normalized spacial score (nSPS) is 13.3. The van der Waals surface area contributed by atoms with Crippen LogP contribution in [0.1, 0.15) is 67.2 Å². The molecule has 0 saturated heterocycles. The molecule has 3 nitrogen and oxygen atoms in total. The first-order valence-corrected chi connectivity index (χ1v) is 20.5. The summed E-state index contributed by atoms with van der Waals surface area (Å²) in [4.78, 5) is 17.0. The van der Waals surface area contributed by atoms with Crippen LogP contribution in [-0.4, -0.2) is 52.5 Å². The number of carbonyl (C=O) groups is 1. The minimum atomic E-state index is -0.337. The van der Waals surface area contributed by atoms with Crippen LogP contribution in [0, 0.1) is 16.9 Å². The maximum absolute atomic E-state index is 12.2. The number of aliphatic hydroxyl groups is 1. The standard InChI is InChI=1S/C27H15BNSe2.C15H28O2.Ir/c1-2-8-18-16-29-22(15-17(18)7-1)19-9-5-11-21-27(19)31-25-14-6-13-24-26(25)28(21)20-10-3-4-12-23(20)30-24;1-7-14(5,8-2)12(16)11-13(17)15(6,9-3)10-4;/h1-8,10-16H;11,16H,7-10H2,1-6H3;/q-1;;/b;12-11-;. The van der Waals surface area contributed by atoms with Gasteiger partial charge in [-0.2, -0.15) is 0 Å². The van der Waals surface area contributed by atoms with Crippen LogP contribution in [0.4, 0.5) is 0 Å². The zero-order valence-corrected chi connectivity index (χ0v) is 34.9. The van der Waals surface area contributed by atoms with Crippen LogP contribution in [-0.2, 0) is 24.9 Å². The Morgan fingerprint density at radius 1 is 0.796 bits per heavy atom. The molecule has 1 radical (unpaired) electrons. The molecule has 0 bridgehead atoms. The quantitative estimate of drug-likeness (QED) is 0.103. The van der Waals surface area contributed by atoms with Crippen molar-refractivity contribution in [2.24, 2.45) is 10.8 Å². The summed E-state index contributed by atoms with van der Waals surface area (Å²) < 4.78 is 6.04. The average Bonchev–Trinajstić information content (AvgIpc) is 3.13. The Kier molecular flexibility index (Phi) is 12.0. The molecule has 7 rings (SSSR count). The summed E-state index contributed by atoms with van der Waals surface area (Å²) in [5, 5.41) is 12.5. The first-order chi connectivity index (χ1) is 23.2. The molecule has 4 aromatic carbocycles. The van der Waals surface area contributed by atoms with Crippen molar-refractivity contribution in [2.45, 2.75) is 67.2 Å². The topological polar surface area (TPSA) is 50.2 Å². The fraction of sp³-hybridized carbons (Fsp3) is 0.286. The van der Waals surface area contributed by atoms with Gasteiger partial charge in [0.2, 0.25) is 0 Å². The van der Waals surface area contributed by atoms with E-state index in [-0.39, 0.29) is 57.4 Å². The van der Waals surface area contributed by atoms with Gasteiger partial charge in [0.15, 0.2) is 5.78 Å². The molecule has 2 aliphatic heterocycles. The summed E-state index contributed by atoms with van der Waals surface area (Å²) in [6, 6.07) is 34.7. The summed E-state index contributed by atoms with van der Waals surface area (Å²) in [7, 11) is 0. The van der Waals surface area contributed by atoms with Crippen LogP contribution in [0.3, 0.4) is 0 Å². The molecule has 0 fully saturated rings. The number of nitrogens with zero attached hydrogens (tertiary/aromatic N) is 1. The van der Waals surface area contributed by atoms with Gasteiger partial charge in [-0.3, -0.25) is 4.79 Å². The predicted molar refractivity (Wildman–Crippen MR) is 207 cm³/mol. The maximum atomic E-state index is 12.2. The number of benzene rings is 4. The number of pyridine rings is 1. The van der Waals surface area contributed by atoms with Gasteiger partial charge >= 0.3 is 195 Å². The number of carbonyl (C=O) groups excluding carboxylic acids is 1. The first kappa shape index (κ1) is 37.5. The van der Waals surface area contributed by atoms with Crippen molar-refractivity contribution in [3.63, 3.8) is 0 Å². The van der Waals surface area contributed by atoms with Gasteiger partial charge in [0, 0.05) is 37.0 Å². The van der Waals surface area contributed by atoms with Gasteiger partial charge in [0.25, 0.3) is 0 Å². The summed E-state index contributed by atoms with van der Waals surface area (Å²) in [6.07, 6.45) is 6.75. The number of aromatic nitrogens is 1. The molecule has 253 valence electrons. The van der Waals surface area contributed by atoms with Gasteiger partial charge in [0.05, 0.1) is 0 Å². The predicted octanol–water partition coefficient (Wildman–Crippen LogP) is 4.80. The Morgan fingerprint density at radius 2 is 1.41 bits per heavy atom. The summed E-state index contributed by atoms with van der Waals surface area (Å²) in [6.45, 7) is 12.4. The Morgan fingerprint density at radius 3 is 2.10 bits per heavy atom. The second-order valence-corrected chi connectivity index (χ2v) is 17.8. The van der Waals surface area contributed by atoms with E-state index in [9.17, 15) is 9.90 Å². The van der Waals surface area contributed by atoms with E-state index in [0.717, 1.165) is 31.4 Å². The molecule has 0 spiro atoms. The van der Waals surface area contributed by atoms with E-state index >= 15 is 0 Å². The van der Waals surface area contributed by atoms with E-state index in [1.807, 2.05) is 47.7 Å². The summed E-state index contributed by atoms with van der Waals surface area (Å²) in [5.74, 6) is 0.286. The molecule has 49 heavy (non-hydrogen) atoms. The molecule has 2 aliphatic rings. The molecule has 0 amide bonds. The Balaban J connectivity index is 0.000000226. The van der Waals surface area contributed by atoms with Gasteiger partial charge in [-0.15, -0.1) is 0 Å². The van der Waals surface area contributed by atoms with Crippen molar-refractivity contribution < 1.29 is 30.0 Å². The van der Waals surface area contributed by atoms with Crippen molar-refractivity contribution in [1.29, 1.82) is 0 Å². The van der Waals surface area contributed by atoms with E-state index < -0.39 is 0 Å². The van der Waals surface area contributed by atoms with E-state index in [1.54, 1.807) is 9.92 Å². The van der Waals surface area contributed by atoms with Gasteiger partial charge in [-0.1, -0.05) is 41.5 Å². The minimum absolute atomic E-state index is 0. The zero-order chi connectivity index (χ0) is 34.1. The van der Waals surface area contributed by atoms with Crippen molar-refractivity contribution in [2.75, 3.05) is 0 Å². The fourth-order valence-corrected chi connectivity index (χ4v) is 11.9. The van der Waals surface area contributed by atoms with Crippen LogP contribution in [0.2, 0.25) is 0 Å². The average molecular weight is 955 g/mol. The van der Waals surface area contributed by atoms with Gasteiger partial charge in [-0.25, -0.2) is 0 Å². The van der Waals surface area contributed by atoms with E-state index in [1.165, 1.54) is 46.7 Å². The van der Waals surface area contributed by atoms with Crippen LogP contribution in [0.15, 0.2) is 103 Å². The van der Waals surface area contributed by atoms with Crippen LogP contribution >= 0.6 is 0 Å². The van der Waals surface area contributed by atoms with Crippen LogP contribution in [0.5, 0.6) is 0 Å². The second-order valence-electron chi connectivity index (χ2n) is 13.3. The summed E-state index contributed by atoms with van der Waals surface area (Å²) in [5.41, 5.74) is 6.12. The molecule has 0 unspecified atom stereocenters. The molecule has 0 saturated carbocycles.